The molecule has 2 rings (SSSR count). The molecule has 0 aliphatic heterocycles. The van der Waals surface area contributed by atoms with Gasteiger partial charge in [-0.2, -0.15) is 0 Å². The average molecular weight is 569 g/mol. The molecule has 2 N–H and O–H groups in total. The maximum atomic E-state index is 12.0. The molecular weight excluding hydrogens is 531 g/mol. The number of aliphatic imine (C=N–C) groups is 1. The van der Waals surface area contributed by atoms with Gasteiger partial charge in [0.25, 0.3) is 5.91 Å². The van der Waals surface area contributed by atoms with E-state index in [0.717, 1.165) is 29.4 Å². The van der Waals surface area contributed by atoms with Crippen molar-refractivity contribution in [3.8, 4) is 11.5 Å². The van der Waals surface area contributed by atoms with Crippen LogP contribution in [0.3, 0.4) is 0 Å². The zero-order valence-corrected chi connectivity index (χ0v) is 23.0. The van der Waals surface area contributed by atoms with Crippen LogP contribution < -0.4 is 20.1 Å². The first-order chi connectivity index (χ1) is 15.2. The monoisotopic (exact) mass is 568 g/mol. The lowest BCUT2D eigenvalue weighted by Gasteiger charge is -2.27. The maximum absolute atomic E-state index is 12.0. The molecule has 0 aliphatic carbocycles. The number of carbonyl (C=O) groups is 1. The Morgan fingerprint density at radius 3 is 2.18 bits per heavy atom. The number of rotatable bonds is 9. The van der Waals surface area contributed by atoms with E-state index in [9.17, 15) is 4.79 Å². The van der Waals surface area contributed by atoms with Crippen LogP contribution in [-0.2, 0) is 12.0 Å². The third-order valence-electron chi connectivity index (χ3n) is 5.23. The van der Waals surface area contributed by atoms with Crippen LogP contribution in [-0.4, -0.2) is 58.2 Å². The van der Waals surface area contributed by atoms with Crippen LogP contribution in [0.25, 0.3) is 0 Å². The van der Waals surface area contributed by atoms with E-state index in [1.165, 1.54) is 0 Å². The summed E-state index contributed by atoms with van der Waals surface area (Å²) in [5.41, 5.74) is 2.69. The van der Waals surface area contributed by atoms with Crippen molar-refractivity contribution in [3.63, 3.8) is 0 Å². The first kappa shape index (κ1) is 28.5. The van der Waals surface area contributed by atoms with E-state index in [0.29, 0.717) is 24.4 Å². The van der Waals surface area contributed by atoms with Gasteiger partial charge in [0.05, 0.1) is 20.8 Å². The summed E-state index contributed by atoms with van der Waals surface area (Å²) in [4.78, 5) is 18.3. The van der Waals surface area contributed by atoms with Crippen LogP contribution in [0.4, 0.5) is 0 Å². The maximum Gasteiger partial charge on any atom is 0.253 e. The highest BCUT2D eigenvalue weighted by Gasteiger charge is 2.22. The molecule has 0 heterocycles. The second-order valence-corrected chi connectivity index (χ2v) is 8.40. The molecule has 8 heteroatoms. The van der Waals surface area contributed by atoms with Crippen LogP contribution in [0.2, 0.25) is 0 Å². The molecule has 0 fully saturated rings. The lowest BCUT2D eigenvalue weighted by molar-refractivity contribution is 0.0827. The molecular formula is C25H37IN4O3. The Morgan fingerprint density at radius 2 is 1.64 bits per heavy atom. The molecule has 7 nitrogen and oxygen atoms in total. The number of methoxy groups -OCH3 is 2. The van der Waals surface area contributed by atoms with Gasteiger partial charge >= 0.3 is 0 Å². The number of hydrogen-bond acceptors (Lipinski definition) is 4. The molecule has 182 valence electrons. The number of nitrogens with zero attached hydrogens (tertiary/aromatic N) is 2. The molecule has 0 saturated heterocycles. The molecule has 1 amide bonds. The van der Waals surface area contributed by atoms with E-state index in [4.69, 9.17) is 14.5 Å². The van der Waals surface area contributed by atoms with E-state index in [2.05, 4.69) is 30.5 Å². The van der Waals surface area contributed by atoms with Crippen LogP contribution in [0, 0.1) is 0 Å². The minimum Gasteiger partial charge on any atom is -0.493 e. The van der Waals surface area contributed by atoms with Gasteiger partial charge in [-0.15, -0.1) is 24.0 Å². The molecule has 0 aliphatic rings. The highest BCUT2D eigenvalue weighted by molar-refractivity contribution is 14.0. The van der Waals surface area contributed by atoms with Crippen LogP contribution in [0.1, 0.15) is 42.3 Å². The zero-order valence-electron chi connectivity index (χ0n) is 20.7. The molecule has 2 aromatic carbocycles. The van der Waals surface area contributed by atoms with Crippen molar-refractivity contribution in [2.75, 3.05) is 41.4 Å². The first-order valence-electron chi connectivity index (χ1n) is 10.8. The number of amides is 1. The SMILES string of the molecule is CCNC(=NCc1ccc(C(=O)N(C)C)cc1)NCC(C)(C)c1ccc(OC)c(OC)c1.I. The van der Waals surface area contributed by atoms with Gasteiger partial charge in [-0.05, 0) is 42.3 Å². The van der Waals surface area contributed by atoms with Gasteiger partial charge < -0.3 is 25.0 Å². The van der Waals surface area contributed by atoms with Gasteiger partial charge in [-0.3, -0.25) is 4.79 Å². The Labute approximate surface area is 215 Å². The van der Waals surface area contributed by atoms with E-state index >= 15 is 0 Å². The number of guanidine groups is 1. The van der Waals surface area contributed by atoms with Gasteiger partial charge in [-0.25, -0.2) is 4.99 Å². The topological polar surface area (TPSA) is 75.2 Å². The summed E-state index contributed by atoms with van der Waals surface area (Å²) >= 11 is 0. The van der Waals surface area contributed by atoms with Crippen molar-refractivity contribution in [1.29, 1.82) is 0 Å². The van der Waals surface area contributed by atoms with Crippen molar-refractivity contribution in [2.24, 2.45) is 4.99 Å². The summed E-state index contributed by atoms with van der Waals surface area (Å²) in [6, 6.07) is 13.6. The van der Waals surface area contributed by atoms with Crippen molar-refractivity contribution in [1.82, 2.24) is 15.5 Å². The number of carbonyl (C=O) groups excluding carboxylic acids is 1. The largest absolute Gasteiger partial charge is 0.493 e. The molecule has 0 saturated carbocycles. The molecule has 0 bridgehead atoms. The molecule has 0 unspecified atom stereocenters. The Bertz CT molecular complexity index is 928. The number of ether oxygens (including phenoxy) is 2. The second kappa shape index (κ2) is 13.3. The Hall–Kier alpha value is -2.49. The summed E-state index contributed by atoms with van der Waals surface area (Å²) in [5, 5.41) is 6.74. The molecule has 0 aromatic heterocycles. The highest BCUT2D eigenvalue weighted by Crippen LogP contribution is 2.32. The van der Waals surface area contributed by atoms with Gasteiger partial charge in [0, 0.05) is 38.2 Å². The number of halogens is 1. The zero-order chi connectivity index (χ0) is 23.7. The Morgan fingerprint density at radius 1 is 1.00 bits per heavy atom. The Balaban J connectivity index is 0.00000544. The van der Waals surface area contributed by atoms with Gasteiger partial charge in [0.15, 0.2) is 17.5 Å². The Kier molecular flexibility index (Phi) is 11.5. The fourth-order valence-electron chi connectivity index (χ4n) is 3.19. The number of nitrogens with one attached hydrogen (secondary N) is 2. The molecule has 0 radical (unpaired) electrons. The smallest absolute Gasteiger partial charge is 0.253 e. The first-order valence-corrected chi connectivity index (χ1v) is 10.8. The van der Waals surface area contributed by atoms with Crippen LogP contribution in [0.15, 0.2) is 47.5 Å². The standard InChI is InChI=1S/C25H36N4O3.HI/c1-8-26-24(27-16-18-9-11-19(12-10-18)23(30)29(4)5)28-17-25(2,3)20-13-14-21(31-6)22(15-20)32-7;/h9-15H,8,16-17H2,1-7H3,(H2,26,27,28);1H. The predicted octanol–water partition coefficient (Wildman–Crippen LogP) is 4.06. The summed E-state index contributed by atoms with van der Waals surface area (Å²) in [7, 11) is 6.78. The summed E-state index contributed by atoms with van der Waals surface area (Å²) in [6.45, 7) is 8.35. The third-order valence-corrected chi connectivity index (χ3v) is 5.23. The number of hydrogen-bond donors (Lipinski definition) is 2. The molecule has 2 aromatic rings. The summed E-state index contributed by atoms with van der Waals surface area (Å²) in [6.07, 6.45) is 0. The summed E-state index contributed by atoms with van der Waals surface area (Å²) < 4.78 is 10.8. The second-order valence-electron chi connectivity index (χ2n) is 8.40. The van der Waals surface area contributed by atoms with Gasteiger partial charge in [-0.1, -0.05) is 32.0 Å². The summed E-state index contributed by atoms with van der Waals surface area (Å²) in [5.74, 6) is 2.17. The fourth-order valence-corrected chi connectivity index (χ4v) is 3.19. The minimum absolute atomic E-state index is 0. The lowest BCUT2D eigenvalue weighted by Crippen LogP contribution is -2.43. The minimum atomic E-state index is -0.163. The van der Waals surface area contributed by atoms with Crippen LogP contribution in [0.5, 0.6) is 11.5 Å². The van der Waals surface area contributed by atoms with E-state index < -0.39 is 0 Å². The van der Waals surface area contributed by atoms with Crippen molar-refractivity contribution in [2.45, 2.75) is 32.7 Å². The average Bonchev–Trinajstić information content (AvgIpc) is 2.80. The number of benzene rings is 2. The van der Waals surface area contributed by atoms with E-state index in [1.54, 1.807) is 33.2 Å². The quantitative estimate of drug-likeness (QED) is 0.271. The molecule has 0 spiro atoms. The van der Waals surface area contributed by atoms with Crippen molar-refractivity contribution < 1.29 is 14.3 Å². The third kappa shape index (κ3) is 8.10. The highest BCUT2D eigenvalue weighted by atomic mass is 127. The van der Waals surface area contributed by atoms with E-state index in [-0.39, 0.29) is 35.3 Å². The molecule has 33 heavy (non-hydrogen) atoms. The van der Waals surface area contributed by atoms with Crippen LogP contribution >= 0.6 is 24.0 Å². The van der Waals surface area contributed by atoms with E-state index in [1.807, 2.05) is 43.3 Å². The van der Waals surface area contributed by atoms with Gasteiger partial charge in [0.2, 0.25) is 0 Å². The van der Waals surface area contributed by atoms with Crippen molar-refractivity contribution in [3.05, 3.63) is 59.2 Å². The van der Waals surface area contributed by atoms with Gasteiger partial charge in [0.1, 0.15) is 0 Å². The molecule has 0 atom stereocenters. The predicted molar refractivity (Wildman–Crippen MR) is 145 cm³/mol. The van der Waals surface area contributed by atoms with Crippen molar-refractivity contribution >= 4 is 35.8 Å². The lowest BCUT2D eigenvalue weighted by atomic mass is 9.84. The fraction of sp³-hybridized carbons (Fsp3) is 0.440. The normalized spacial score (nSPS) is 11.3.